The maximum absolute atomic E-state index is 12.1. The number of amides is 1. The Morgan fingerprint density at radius 3 is 2.65 bits per heavy atom. The minimum atomic E-state index is -0.429. The van der Waals surface area contributed by atoms with Crippen molar-refractivity contribution < 1.29 is 13.9 Å². The molecule has 0 aliphatic heterocycles. The van der Waals surface area contributed by atoms with Crippen LogP contribution in [-0.2, 0) is 18.3 Å². The van der Waals surface area contributed by atoms with Gasteiger partial charge in [0.05, 0.1) is 19.0 Å². The van der Waals surface area contributed by atoms with Crippen LogP contribution in [0.25, 0.3) is 11.1 Å². The number of carbonyl (C=O) groups excluding carboxylic acids is 1. The third-order valence-corrected chi connectivity index (χ3v) is 3.60. The number of benzene rings is 2. The van der Waals surface area contributed by atoms with E-state index in [1.807, 2.05) is 24.3 Å². The first-order valence-corrected chi connectivity index (χ1v) is 7.09. The monoisotopic (exact) mass is 312 g/mol. The fraction of sp³-hybridized carbons (Fsp3) is 0.176. The summed E-state index contributed by atoms with van der Waals surface area (Å²) in [6.07, 6.45) is 0.256. The van der Waals surface area contributed by atoms with Gasteiger partial charge >= 0.3 is 5.76 Å². The molecule has 0 aliphatic carbocycles. The molecule has 118 valence electrons. The second kappa shape index (κ2) is 6.00. The van der Waals surface area contributed by atoms with Gasteiger partial charge in [-0.15, -0.1) is 0 Å². The van der Waals surface area contributed by atoms with Crippen molar-refractivity contribution >= 4 is 22.7 Å². The summed E-state index contributed by atoms with van der Waals surface area (Å²) in [5.41, 5.74) is 2.63. The predicted molar refractivity (Wildman–Crippen MR) is 86.8 cm³/mol. The van der Waals surface area contributed by atoms with Gasteiger partial charge < -0.3 is 14.5 Å². The fourth-order valence-corrected chi connectivity index (χ4v) is 2.34. The summed E-state index contributed by atoms with van der Waals surface area (Å²) in [5, 5.41) is 2.82. The molecule has 2 aromatic carbocycles. The van der Waals surface area contributed by atoms with Gasteiger partial charge in [0.2, 0.25) is 5.91 Å². The third-order valence-electron chi connectivity index (χ3n) is 3.60. The molecule has 1 heterocycles. The molecule has 0 aliphatic rings. The van der Waals surface area contributed by atoms with Crippen molar-refractivity contribution in [2.24, 2.45) is 7.05 Å². The zero-order chi connectivity index (χ0) is 16.4. The number of nitrogens with one attached hydrogen (secondary N) is 1. The Hall–Kier alpha value is -3.02. The third kappa shape index (κ3) is 3.11. The van der Waals surface area contributed by atoms with Crippen LogP contribution in [0.15, 0.2) is 51.7 Å². The lowest BCUT2D eigenvalue weighted by Crippen LogP contribution is -2.14. The van der Waals surface area contributed by atoms with Gasteiger partial charge in [-0.3, -0.25) is 9.36 Å². The van der Waals surface area contributed by atoms with Crippen LogP contribution in [0.5, 0.6) is 5.75 Å². The molecular formula is C17H16N2O4. The highest BCUT2D eigenvalue weighted by Gasteiger charge is 2.09. The zero-order valence-corrected chi connectivity index (χ0v) is 12.8. The van der Waals surface area contributed by atoms with Crippen LogP contribution in [0.2, 0.25) is 0 Å². The second-order valence-electron chi connectivity index (χ2n) is 5.18. The Balaban J connectivity index is 1.74. The lowest BCUT2D eigenvalue weighted by Gasteiger charge is -2.06. The number of rotatable bonds is 4. The molecule has 1 aromatic heterocycles. The maximum Gasteiger partial charge on any atom is 0.419 e. The minimum Gasteiger partial charge on any atom is -0.497 e. The van der Waals surface area contributed by atoms with E-state index in [1.54, 1.807) is 32.4 Å². The molecule has 0 fully saturated rings. The van der Waals surface area contributed by atoms with Gasteiger partial charge in [-0.05, 0) is 35.9 Å². The molecule has 3 aromatic rings. The van der Waals surface area contributed by atoms with Crippen molar-refractivity contribution in [1.82, 2.24) is 4.57 Å². The first kappa shape index (κ1) is 14.9. The van der Waals surface area contributed by atoms with Crippen molar-refractivity contribution in [3.8, 4) is 5.75 Å². The first-order chi connectivity index (χ1) is 11.1. The molecule has 0 radical (unpaired) electrons. The Labute approximate surface area is 132 Å². The van der Waals surface area contributed by atoms with Crippen molar-refractivity contribution in [2.45, 2.75) is 6.42 Å². The van der Waals surface area contributed by atoms with Crippen LogP contribution in [-0.4, -0.2) is 17.6 Å². The van der Waals surface area contributed by atoms with Crippen molar-refractivity contribution in [3.05, 3.63) is 58.6 Å². The molecule has 0 bridgehead atoms. The van der Waals surface area contributed by atoms with E-state index in [9.17, 15) is 9.59 Å². The number of fused-ring (bicyclic) bond motifs is 1. The topological polar surface area (TPSA) is 73.5 Å². The molecule has 0 saturated carbocycles. The Bertz CT molecular complexity index is 906. The molecule has 6 nitrogen and oxygen atoms in total. The number of ether oxygens (including phenoxy) is 1. The van der Waals surface area contributed by atoms with Gasteiger partial charge in [-0.2, -0.15) is 0 Å². The highest BCUT2D eigenvalue weighted by molar-refractivity contribution is 5.94. The van der Waals surface area contributed by atoms with E-state index in [-0.39, 0.29) is 12.3 Å². The van der Waals surface area contributed by atoms with Crippen molar-refractivity contribution in [2.75, 3.05) is 12.4 Å². The molecule has 0 atom stereocenters. The Morgan fingerprint density at radius 2 is 1.96 bits per heavy atom. The van der Waals surface area contributed by atoms with E-state index in [1.165, 1.54) is 4.57 Å². The number of aromatic nitrogens is 1. The zero-order valence-electron chi connectivity index (χ0n) is 12.8. The van der Waals surface area contributed by atoms with Gasteiger partial charge in [0.25, 0.3) is 0 Å². The van der Waals surface area contributed by atoms with E-state index < -0.39 is 5.76 Å². The van der Waals surface area contributed by atoms with Gasteiger partial charge in [-0.25, -0.2) is 4.79 Å². The van der Waals surface area contributed by atoms with E-state index in [2.05, 4.69) is 5.32 Å². The summed E-state index contributed by atoms with van der Waals surface area (Å²) >= 11 is 0. The molecule has 3 rings (SSSR count). The molecular weight excluding hydrogens is 296 g/mol. The lowest BCUT2D eigenvalue weighted by molar-refractivity contribution is -0.115. The average molecular weight is 312 g/mol. The Kier molecular flexibility index (Phi) is 3.89. The number of aryl methyl sites for hydroxylation is 1. The van der Waals surface area contributed by atoms with Gasteiger partial charge in [0.15, 0.2) is 5.58 Å². The molecule has 1 N–H and O–H groups in total. The summed E-state index contributed by atoms with van der Waals surface area (Å²) in [6.45, 7) is 0. The Morgan fingerprint density at radius 1 is 1.22 bits per heavy atom. The SMILES string of the molecule is COc1ccc(CC(=O)Nc2ccc3oc(=O)n(C)c3c2)cc1. The largest absolute Gasteiger partial charge is 0.497 e. The highest BCUT2D eigenvalue weighted by atomic mass is 16.5. The molecule has 0 saturated heterocycles. The highest BCUT2D eigenvalue weighted by Crippen LogP contribution is 2.18. The van der Waals surface area contributed by atoms with Crippen molar-refractivity contribution in [1.29, 1.82) is 0 Å². The molecule has 23 heavy (non-hydrogen) atoms. The van der Waals surface area contributed by atoms with E-state index in [0.29, 0.717) is 16.8 Å². The van der Waals surface area contributed by atoms with Gasteiger partial charge in [-0.1, -0.05) is 12.1 Å². The van der Waals surface area contributed by atoms with Gasteiger partial charge in [0, 0.05) is 12.7 Å². The van der Waals surface area contributed by atoms with Gasteiger partial charge in [0.1, 0.15) is 5.75 Å². The number of hydrogen-bond donors (Lipinski definition) is 1. The van der Waals surface area contributed by atoms with E-state index in [4.69, 9.17) is 9.15 Å². The normalized spacial score (nSPS) is 10.7. The van der Waals surface area contributed by atoms with E-state index in [0.717, 1.165) is 11.3 Å². The summed E-state index contributed by atoms with van der Waals surface area (Å²) in [5.74, 6) is 0.185. The minimum absolute atomic E-state index is 0.136. The fourth-order valence-electron chi connectivity index (χ4n) is 2.34. The summed E-state index contributed by atoms with van der Waals surface area (Å²) in [4.78, 5) is 23.6. The molecule has 0 unspecified atom stereocenters. The lowest BCUT2D eigenvalue weighted by atomic mass is 10.1. The quantitative estimate of drug-likeness (QED) is 0.802. The second-order valence-corrected chi connectivity index (χ2v) is 5.18. The van der Waals surface area contributed by atoms with Crippen LogP contribution in [0, 0.1) is 0 Å². The summed E-state index contributed by atoms with van der Waals surface area (Å²) < 4.78 is 11.5. The number of carbonyl (C=O) groups is 1. The summed E-state index contributed by atoms with van der Waals surface area (Å²) in [6, 6.07) is 12.4. The number of anilines is 1. The molecule has 1 amide bonds. The van der Waals surface area contributed by atoms with E-state index >= 15 is 0 Å². The van der Waals surface area contributed by atoms with Crippen LogP contribution < -0.4 is 15.8 Å². The van der Waals surface area contributed by atoms with Crippen LogP contribution in [0.3, 0.4) is 0 Å². The van der Waals surface area contributed by atoms with Crippen LogP contribution in [0.1, 0.15) is 5.56 Å². The predicted octanol–water partition coefficient (Wildman–Crippen LogP) is 2.32. The molecule has 0 spiro atoms. The number of oxazole rings is 1. The van der Waals surface area contributed by atoms with Crippen LogP contribution >= 0.6 is 0 Å². The van der Waals surface area contributed by atoms with Crippen LogP contribution in [0.4, 0.5) is 5.69 Å². The number of methoxy groups -OCH3 is 1. The number of nitrogens with zero attached hydrogens (tertiary/aromatic N) is 1. The summed E-state index contributed by atoms with van der Waals surface area (Å²) in [7, 11) is 3.22. The average Bonchev–Trinajstić information content (AvgIpc) is 2.83. The maximum atomic E-state index is 12.1. The number of hydrogen-bond acceptors (Lipinski definition) is 4. The standard InChI is InChI=1S/C17H16N2O4/c1-19-14-10-12(5-8-15(14)23-17(19)21)18-16(20)9-11-3-6-13(22-2)7-4-11/h3-8,10H,9H2,1-2H3,(H,18,20). The first-order valence-electron chi connectivity index (χ1n) is 7.09. The smallest absolute Gasteiger partial charge is 0.419 e. The van der Waals surface area contributed by atoms with Crippen molar-refractivity contribution in [3.63, 3.8) is 0 Å². The molecule has 6 heteroatoms.